The molecule has 3 nitrogen and oxygen atoms in total. The van der Waals surface area contributed by atoms with Gasteiger partial charge in [-0.05, 0) is 25.1 Å². The highest BCUT2D eigenvalue weighted by molar-refractivity contribution is 6.31. The van der Waals surface area contributed by atoms with Gasteiger partial charge in [0.25, 0.3) is 0 Å². The van der Waals surface area contributed by atoms with Gasteiger partial charge in [0.1, 0.15) is 0 Å². The Morgan fingerprint density at radius 2 is 2.11 bits per heavy atom. The summed E-state index contributed by atoms with van der Waals surface area (Å²) in [5.41, 5.74) is 1.000. The largest absolute Gasteiger partial charge is 0.337 e. The van der Waals surface area contributed by atoms with E-state index in [0.29, 0.717) is 13.1 Å². The molecule has 0 fully saturated rings. The highest BCUT2D eigenvalue weighted by atomic mass is 35.5. The van der Waals surface area contributed by atoms with Crippen molar-refractivity contribution in [1.29, 1.82) is 0 Å². The van der Waals surface area contributed by atoms with Gasteiger partial charge in [0.2, 0.25) is 5.91 Å². The number of carbonyl (C=O) groups excluding carboxylic acids is 1. The van der Waals surface area contributed by atoms with Crippen LogP contribution in [0.4, 0.5) is 0 Å². The fourth-order valence-corrected chi connectivity index (χ4v) is 1.93. The molecular formula is C14H21ClN2O. The molecule has 0 saturated heterocycles. The number of hydrogen-bond acceptors (Lipinski definition) is 2. The minimum atomic E-state index is 0.117. The Morgan fingerprint density at radius 1 is 1.39 bits per heavy atom. The molecule has 1 rings (SSSR count). The molecule has 0 aliphatic carbocycles. The summed E-state index contributed by atoms with van der Waals surface area (Å²) in [6, 6.07) is 7.67. The zero-order valence-corrected chi connectivity index (χ0v) is 11.8. The zero-order chi connectivity index (χ0) is 13.4. The van der Waals surface area contributed by atoms with E-state index < -0.39 is 0 Å². The summed E-state index contributed by atoms with van der Waals surface area (Å²) >= 11 is 6.13. The van der Waals surface area contributed by atoms with E-state index in [0.717, 1.165) is 30.0 Å². The van der Waals surface area contributed by atoms with Crippen molar-refractivity contribution >= 4 is 17.5 Å². The number of unbranched alkanes of at least 4 members (excludes halogenated alkanes) is 1. The minimum Gasteiger partial charge on any atom is -0.337 e. The van der Waals surface area contributed by atoms with Crippen molar-refractivity contribution in [2.24, 2.45) is 0 Å². The Bertz CT molecular complexity index is 382. The Labute approximate surface area is 114 Å². The quantitative estimate of drug-likeness (QED) is 0.825. The Balaban J connectivity index is 2.71. The first-order valence-electron chi connectivity index (χ1n) is 6.34. The van der Waals surface area contributed by atoms with Gasteiger partial charge in [-0.3, -0.25) is 4.79 Å². The fraction of sp³-hybridized carbons (Fsp3) is 0.500. The molecule has 1 aromatic carbocycles. The summed E-state index contributed by atoms with van der Waals surface area (Å²) in [6.07, 6.45) is 2.09. The van der Waals surface area contributed by atoms with Crippen LogP contribution in [0.25, 0.3) is 0 Å². The van der Waals surface area contributed by atoms with Crippen molar-refractivity contribution in [1.82, 2.24) is 10.2 Å². The maximum atomic E-state index is 12.0. The van der Waals surface area contributed by atoms with Crippen LogP contribution in [0.1, 0.15) is 25.3 Å². The van der Waals surface area contributed by atoms with Crippen molar-refractivity contribution in [3.63, 3.8) is 0 Å². The van der Waals surface area contributed by atoms with Crippen molar-refractivity contribution in [2.45, 2.75) is 26.3 Å². The lowest BCUT2D eigenvalue weighted by Gasteiger charge is -2.23. The number of nitrogens with one attached hydrogen (secondary N) is 1. The molecule has 0 aliphatic heterocycles. The van der Waals surface area contributed by atoms with Crippen molar-refractivity contribution in [3.8, 4) is 0 Å². The molecule has 100 valence electrons. The van der Waals surface area contributed by atoms with Crippen LogP contribution in [0.5, 0.6) is 0 Å². The second-order valence-electron chi connectivity index (χ2n) is 4.29. The molecule has 4 heteroatoms. The van der Waals surface area contributed by atoms with Crippen molar-refractivity contribution < 1.29 is 4.79 Å². The van der Waals surface area contributed by atoms with E-state index >= 15 is 0 Å². The van der Waals surface area contributed by atoms with E-state index in [4.69, 9.17) is 11.6 Å². The highest BCUT2D eigenvalue weighted by Crippen LogP contribution is 2.17. The van der Waals surface area contributed by atoms with E-state index in [1.54, 1.807) is 7.05 Å². The lowest BCUT2D eigenvalue weighted by Crippen LogP contribution is -2.37. The van der Waals surface area contributed by atoms with Gasteiger partial charge < -0.3 is 10.2 Å². The Kier molecular flexibility index (Phi) is 6.76. The molecule has 0 atom stereocenters. The monoisotopic (exact) mass is 268 g/mol. The Hall–Kier alpha value is -1.06. The van der Waals surface area contributed by atoms with Gasteiger partial charge in [0.15, 0.2) is 0 Å². The molecule has 0 spiro atoms. The van der Waals surface area contributed by atoms with Crippen LogP contribution >= 0.6 is 11.6 Å². The normalized spacial score (nSPS) is 10.4. The van der Waals surface area contributed by atoms with Crippen LogP contribution in [-0.2, 0) is 11.3 Å². The molecule has 1 N–H and O–H groups in total. The van der Waals surface area contributed by atoms with E-state index in [1.165, 1.54) is 0 Å². The van der Waals surface area contributed by atoms with Gasteiger partial charge in [-0.1, -0.05) is 43.1 Å². The first kappa shape index (κ1) is 15.0. The van der Waals surface area contributed by atoms with Crippen molar-refractivity contribution in [3.05, 3.63) is 34.9 Å². The minimum absolute atomic E-state index is 0.117. The average molecular weight is 269 g/mol. The standard InChI is InChI=1S/C14H21ClN2O/c1-3-4-9-17(14(18)10-16-2)11-12-7-5-6-8-13(12)15/h5-8,16H,3-4,9-11H2,1-2H3. The van der Waals surface area contributed by atoms with Crippen LogP contribution in [0.2, 0.25) is 5.02 Å². The molecular weight excluding hydrogens is 248 g/mol. The van der Waals surface area contributed by atoms with Crippen LogP contribution in [-0.4, -0.2) is 30.9 Å². The summed E-state index contributed by atoms with van der Waals surface area (Å²) in [4.78, 5) is 13.8. The SMILES string of the molecule is CCCCN(Cc1ccccc1Cl)C(=O)CNC. The lowest BCUT2D eigenvalue weighted by atomic mass is 10.2. The summed E-state index contributed by atoms with van der Waals surface area (Å²) in [6.45, 7) is 3.85. The third kappa shape index (κ3) is 4.67. The highest BCUT2D eigenvalue weighted by Gasteiger charge is 2.13. The molecule has 0 aromatic heterocycles. The van der Waals surface area contributed by atoms with Crippen LogP contribution in [0, 0.1) is 0 Å². The van der Waals surface area contributed by atoms with Gasteiger partial charge in [-0.25, -0.2) is 0 Å². The third-order valence-electron chi connectivity index (χ3n) is 2.78. The molecule has 0 aliphatic rings. The molecule has 1 aromatic rings. The average Bonchev–Trinajstić information content (AvgIpc) is 2.36. The van der Waals surface area contributed by atoms with Gasteiger partial charge in [0, 0.05) is 18.1 Å². The number of halogens is 1. The molecule has 0 unspecified atom stereocenters. The maximum Gasteiger partial charge on any atom is 0.236 e. The second-order valence-corrected chi connectivity index (χ2v) is 4.70. The van der Waals surface area contributed by atoms with Gasteiger partial charge in [0.05, 0.1) is 6.54 Å². The molecule has 18 heavy (non-hydrogen) atoms. The first-order chi connectivity index (χ1) is 8.69. The van der Waals surface area contributed by atoms with E-state index in [1.807, 2.05) is 29.2 Å². The number of amides is 1. The maximum absolute atomic E-state index is 12.0. The summed E-state index contributed by atoms with van der Waals surface area (Å²) < 4.78 is 0. The number of benzene rings is 1. The number of hydrogen-bond donors (Lipinski definition) is 1. The second kappa shape index (κ2) is 8.11. The van der Waals surface area contributed by atoms with E-state index in [2.05, 4.69) is 12.2 Å². The lowest BCUT2D eigenvalue weighted by molar-refractivity contribution is -0.130. The molecule has 0 heterocycles. The van der Waals surface area contributed by atoms with Crippen LogP contribution in [0.15, 0.2) is 24.3 Å². The fourth-order valence-electron chi connectivity index (χ4n) is 1.74. The number of rotatable bonds is 7. The third-order valence-corrected chi connectivity index (χ3v) is 3.15. The van der Waals surface area contributed by atoms with Crippen LogP contribution in [0.3, 0.4) is 0 Å². The van der Waals surface area contributed by atoms with Gasteiger partial charge in [-0.15, -0.1) is 0 Å². The summed E-state index contributed by atoms with van der Waals surface area (Å²) in [7, 11) is 1.78. The summed E-state index contributed by atoms with van der Waals surface area (Å²) in [5, 5.41) is 3.62. The Morgan fingerprint density at radius 3 is 2.72 bits per heavy atom. The predicted molar refractivity (Wildman–Crippen MR) is 75.7 cm³/mol. The van der Waals surface area contributed by atoms with E-state index in [-0.39, 0.29) is 5.91 Å². The summed E-state index contributed by atoms with van der Waals surface area (Å²) in [5.74, 6) is 0.117. The van der Waals surface area contributed by atoms with Crippen molar-refractivity contribution in [2.75, 3.05) is 20.1 Å². The number of carbonyl (C=O) groups is 1. The van der Waals surface area contributed by atoms with Crippen LogP contribution < -0.4 is 5.32 Å². The smallest absolute Gasteiger partial charge is 0.236 e. The number of nitrogens with zero attached hydrogens (tertiary/aromatic N) is 1. The zero-order valence-electron chi connectivity index (χ0n) is 11.1. The molecule has 0 radical (unpaired) electrons. The topological polar surface area (TPSA) is 32.3 Å². The predicted octanol–water partition coefficient (Wildman–Crippen LogP) is 2.69. The van der Waals surface area contributed by atoms with Gasteiger partial charge in [-0.2, -0.15) is 0 Å². The van der Waals surface area contributed by atoms with Gasteiger partial charge >= 0.3 is 0 Å². The molecule has 0 saturated carbocycles. The van der Waals surface area contributed by atoms with E-state index in [9.17, 15) is 4.79 Å². The molecule has 0 bridgehead atoms. The molecule has 1 amide bonds. The first-order valence-corrected chi connectivity index (χ1v) is 6.72. The number of likely N-dealkylation sites (N-methyl/N-ethyl adjacent to an activating group) is 1.